The standard InChI is InChI=1S/C16H14S2/c1-2-5-12(6-3-1)16(15-7-4-10-17-15)13-8-9-14(11-13)18-16/h1-10,13-14H,11H2. The number of thiophene rings is 1. The van der Waals surface area contributed by atoms with Crippen molar-refractivity contribution in [3.05, 3.63) is 70.4 Å². The van der Waals surface area contributed by atoms with E-state index in [1.807, 2.05) is 11.3 Å². The quantitative estimate of drug-likeness (QED) is 0.714. The Bertz CT molecular complexity index is 570. The Morgan fingerprint density at radius 2 is 1.89 bits per heavy atom. The Labute approximate surface area is 116 Å². The number of allylic oxidation sites excluding steroid dienone is 1. The van der Waals surface area contributed by atoms with Gasteiger partial charge < -0.3 is 0 Å². The zero-order valence-corrected chi connectivity index (χ0v) is 11.6. The molecule has 0 N–H and O–H groups in total. The van der Waals surface area contributed by atoms with E-state index in [1.54, 1.807) is 0 Å². The second-order valence-electron chi connectivity index (χ2n) is 4.96. The second kappa shape index (κ2) is 4.01. The first-order chi connectivity index (χ1) is 8.89. The smallest absolute Gasteiger partial charge is 0.0818 e. The summed E-state index contributed by atoms with van der Waals surface area (Å²) in [7, 11) is 0. The zero-order valence-electron chi connectivity index (χ0n) is 9.95. The Hall–Kier alpha value is -0.990. The minimum atomic E-state index is 0.175. The summed E-state index contributed by atoms with van der Waals surface area (Å²) < 4.78 is 0.175. The molecule has 3 unspecified atom stereocenters. The van der Waals surface area contributed by atoms with Gasteiger partial charge in [0.15, 0.2) is 0 Å². The number of fused-ring (bicyclic) bond motifs is 2. The van der Waals surface area contributed by atoms with Crippen LogP contribution in [-0.2, 0) is 4.75 Å². The van der Waals surface area contributed by atoms with Crippen molar-refractivity contribution in [2.75, 3.05) is 0 Å². The third kappa shape index (κ3) is 1.39. The lowest BCUT2D eigenvalue weighted by Crippen LogP contribution is -2.27. The zero-order chi connectivity index (χ0) is 12.0. The molecule has 1 aliphatic carbocycles. The highest BCUT2D eigenvalue weighted by atomic mass is 32.2. The average Bonchev–Trinajstić information content (AvgIpc) is 3.16. The van der Waals surface area contributed by atoms with Crippen LogP contribution in [0.3, 0.4) is 0 Å². The first-order valence-electron chi connectivity index (χ1n) is 6.35. The predicted molar refractivity (Wildman–Crippen MR) is 80.2 cm³/mol. The largest absolute Gasteiger partial charge is 0.147 e. The Kier molecular flexibility index (Phi) is 2.42. The van der Waals surface area contributed by atoms with Crippen molar-refractivity contribution in [3.63, 3.8) is 0 Å². The molecule has 2 aliphatic rings. The summed E-state index contributed by atoms with van der Waals surface area (Å²) >= 11 is 4.04. The molecule has 2 heterocycles. The van der Waals surface area contributed by atoms with E-state index < -0.39 is 0 Å². The third-order valence-corrected chi connectivity index (χ3v) is 6.91. The first kappa shape index (κ1) is 10.9. The topological polar surface area (TPSA) is 0 Å². The first-order valence-corrected chi connectivity index (χ1v) is 8.11. The fraction of sp³-hybridized carbons (Fsp3) is 0.250. The van der Waals surface area contributed by atoms with Gasteiger partial charge in [0.2, 0.25) is 0 Å². The van der Waals surface area contributed by atoms with E-state index in [9.17, 15) is 0 Å². The van der Waals surface area contributed by atoms with E-state index in [2.05, 4.69) is 71.8 Å². The van der Waals surface area contributed by atoms with Gasteiger partial charge in [-0.1, -0.05) is 48.6 Å². The molecule has 0 nitrogen and oxygen atoms in total. The molecule has 1 fully saturated rings. The van der Waals surface area contributed by atoms with Crippen molar-refractivity contribution in [1.82, 2.24) is 0 Å². The molecule has 90 valence electrons. The minimum absolute atomic E-state index is 0.175. The van der Waals surface area contributed by atoms with E-state index in [4.69, 9.17) is 0 Å². The fourth-order valence-corrected chi connectivity index (χ4v) is 6.17. The van der Waals surface area contributed by atoms with Crippen molar-refractivity contribution >= 4 is 23.1 Å². The highest BCUT2D eigenvalue weighted by Crippen LogP contribution is 2.62. The second-order valence-corrected chi connectivity index (χ2v) is 7.40. The summed E-state index contributed by atoms with van der Waals surface area (Å²) in [6.45, 7) is 0. The molecule has 1 aliphatic heterocycles. The molecule has 4 rings (SSSR count). The van der Waals surface area contributed by atoms with Gasteiger partial charge in [-0.25, -0.2) is 0 Å². The van der Waals surface area contributed by atoms with Gasteiger partial charge in [0, 0.05) is 16.0 Å². The van der Waals surface area contributed by atoms with Gasteiger partial charge >= 0.3 is 0 Å². The van der Waals surface area contributed by atoms with Crippen molar-refractivity contribution in [1.29, 1.82) is 0 Å². The van der Waals surface area contributed by atoms with Crippen molar-refractivity contribution in [2.24, 2.45) is 5.92 Å². The molecule has 1 saturated heterocycles. The van der Waals surface area contributed by atoms with E-state index >= 15 is 0 Å². The van der Waals surface area contributed by atoms with Crippen LogP contribution in [0.15, 0.2) is 60.0 Å². The molecule has 1 aromatic carbocycles. The molecular weight excluding hydrogens is 256 g/mol. The van der Waals surface area contributed by atoms with Crippen LogP contribution in [0.25, 0.3) is 0 Å². The summed E-state index contributed by atoms with van der Waals surface area (Å²) in [5.74, 6) is 0.661. The third-order valence-electron chi connectivity index (χ3n) is 3.99. The number of thioether (sulfide) groups is 1. The number of benzene rings is 1. The molecule has 3 atom stereocenters. The van der Waals surface area contributed by atoms with Crippen LogP contribution in [0.5, 0.6) is 0 Å². The molecule has 0 radical (unpaired) electrons. The number of rotatable bonds is 2. The van der Waals surface area contributed by atoms with Crippen molar-refractivity contribution in [2.45, 2.75) is 16.4 Å². The summed E-state index contributed by atoms with van der Waals surface area (Å²) in [6, 6.07) is 15.5. The highest BCUT2D eigenvalue weighted by molar-refractivity contribution is 8.01. The van der Waals surface area contributed by atoms with Gasteiger partial charge in [-0.15, -0.1) is 23.1 Å². The molecular formula is C16H14S2. The van der Waals surface area contributed by atoms with Crippen LogP contribution in [-0.4, -0.2) is 5.25 Å². The Balaban J connectivity index is 1.93. The SMILES string of the molecule is C1=CC2CC1SC2(c1ccccc1)c1cccs1. The molecule has 1 aromatic heterocycles. The molecule has 0 saturated carbocycles. The number of hydrogen-bond acceptors (Lipinski definition) is 2. The van der Waals surface area contributed by atoms with Gasteiger partial charge in [-0.05, 0) is 23.4 Å². The molecule has 2 heteroatoms. The predicted octanol–water partition coefficient (Wildman–Crippen LogP) is 4.68. The molecule has 0 amide bonds. The Morgan fingerprint density at radius 3 is 2.50 bits per heavy atom. The summed E-state index contributed by atoms with van der Waals surface area (Å²) in [5.41, 5.74) is 1.47. The van der Waals surface area contributed by atoms with Crippen LogP contribution < -0.4 is 0 Å². The molecule has 0 spiro atoms. The normalized spacial score (nSPS) is 33.1. The summed E-state index contributed by atoms with van der Waals surface area (Å²) in [6.07, 6.45) is 6.13. The highest BCUT2D eigenvalue weighted by Gasteiger charge is 2.51. The lowest BCUT2D eigenvalue weighted by molar-refractivity contribution is 0.557. The Morgan fingerprint density at radius 1 is 1.00 bits per heavy atom. The molecule has 18 heavy (non-hydrogen) atoms. The van der Waals surface area contributed by atoms with Crippen LogP contribution in [0.2, 0.25) is 0 Å². The van der Waals surface area contributed by atoms with Crippen LogP contribution in [0.1, 0.15) is 16.9 Å². The van der Waals surface area contributed by atoms with E-state index in [1.165, 1.54) is 16.9 Å². The average molecular weight is 270 g/mol. The molecule has 2 aromatic rings. The maximum Gasteiger partial charge on any atom is 0.0818 e. The maximum absolute atomic E-state index is 2.44. The fourth-order valence-electron chi connectivity index (χ4n) is 3.22. The van der Waals surface area contributed by atoms with E-state index in [-0.39, 0.29) is 4.75 Å². The van der Waals surface area contributed by atoms with Crippen molar-refractivity contribution < 1.29 is 0 Å². The summed E-state index contributed by atoms with van der Waals surface area (Å²) in [4.78, 5) is 1.51. The van der Waals surface area contributed by atoms with Crippen LogP contribution in [0, 0.1) is 5.92 Å². The lowest BCUT2D eigenvalue weighted by atomic mass is 9.83. The van der Waals surface area contributed by atoms with Crippen LogP contribution in [0.4, 0.5) is 0 Å². The van der Waals surface area contributed by atoms with Crippen molar-refractivity contribution in [3.8, 4) is 0 Å². The minimum Gasteiger partial charge on any atom is -0.147 e. The molecule has 2 bridgehead atoms. The summed E-state index contributed by atoms with van der Waals surface area (Å²) in [5, 5.41) is 2.91. The van der Waals surface area contributed by atoms with E-state index in [0.29, 0.717) is 11.2 Å². The van der Waals surface area contributed by atoms with Gasteiger partial charge in [-0.3, -0.25) is 0 Å². The van der Waals surface area contributed by atoms with E-state index in [0.717, 1.165) is 0 Å². The van der Waals surface area contributed by atoms with Gasteiger partial charge in [0.1, 0.15) is 0 Å². The lowest BCUT2D eigenvalue weighted by Gasteiger charge is -2.34. The van der Waals surface area contributed by atoms with Crippen LogP contribution >= 0.6 is 23.1 Å². The van der Waals surface area contributed by atoms with Gasteiger partial charge in [-0.2, -0.15) is 0 Å². The number of hydrogen-bond donors (Lipinski definition) is 0. The maximum atomic E-state index is 2.44. The monoisotopic (exact) mass is 270 g/mol. The van der Waals surface area contributed by atoms with Gasteiger partial charge in [0.05, 0.1) is 4.75 Å². The van der Waals surface area contributed by atoms with Gasteiger partial charge in [0.25, 0.3) is 0 Å².